The van der Waals surface area contributed by atoms with E-state index in [1.165, 1.54) is 24.3 Å². The van der Waals surface area contributed by atoms with Crippen molar-refractivity contribution in [2.24, 2.45) is 0 Å². The molecule has 6 nitrogen and oxygen atoms in total. The quantitative estimate of drug-likeness (QED) is 0.730. The molecule has 1 N–H and O–H groups in total. The number of imide groups is 1. The number of rotatable bonds is 7. The first-order valence-corrected chi connectivity index (χ1v) is 9.57. The van der Waals surface area contributed by atoms with Crippen LogP contribution in [0.25, 0.3) is 0 Å². The molecule has 29 heavy (non-hydrogen) atoms. The van der Waals surface area contributed by atoms with Crippen LogP contribution in [-0.2, 0) is 21.7 Å². The maximum absolute atomic E-state index is 13.2. The third-order valence-electron chi connectivity index (χ3n) is 5.05. The summed E-state index contributed by atoms with van der Waals surface area (Å²) in [6.45, 7) is 4.11. The Balaban J connectivity index is 1.75. The van der Waals surface area contributed by atoms with Crippen LogP contribution in [0.5, 0.6) is 0 Å². The summed E-state index contributed by atoms with van der Waals surface area (Å²) in [5.74, 6) is -1.27. The minimum Gasteiger partial charge on any atom is -0.337 e. The predicted molar refractivity (Wildman–Crippen MR) is 106 cm³/mol. The van der Waals surface area contributed by atoms with E-state index in [-0.39, 0.29) is 12.5 Å². The summed E-state index contributed by atoms with van der Waals surface area (Å²) in [5, 5.41) is 2.64. The summed E-state index contributed by atoms with van der Waals surface area (Å²) in [5.41, 5.74) is 0.102. The summed E-state index contributed by atoms with van der Waals surface area (Å²) >= 11 is 0. The predicted octanol–water partition coefficient (Wildman–Crippen LogP) is 3.03. The molecule has 1 heterocycles. The largest absolute Gasteiger partial charge is 0.337 e. The number of hydrogen-bond acceptors (Lipinski definition) is 3. The van der Waals surface area contributed by atoms with Crippen molar-refractivity contribution < 1.29 is 18.8 Å². The lowest BCUT2D eigenvalue weighted by atomic mass is 9.92. The van der Waals surface area contributed by atoms with Gasteiger partial charge in [-0.25, -0.2) is 9.18 Å². The molecule has 4 amide bonds. The fourth-order valence-corrected chi connectivity index (χ4v) is 3.42. The highest BCUT2D eigenvalue weighted by atomic mass is 19.1. The molecule has 0 saturated carbocycles. The zero-order chi connectivity index (χ0) is 21.0. The molecule has 0 aliphatic carbocycles. The first-order valence-electron chi connectivity index (χ1n) is 9.57. The molecule has 2 aromatic rings. The highest BCUT2D eigenvalue weighted by molar-refractivity contribution is 6.09. The molecule has 152 valence electrons. The van der Waals surface area contributed by atoms with Gasteiger partial charge in [0.1, 0.15) is 17.9 Å². The van der Waals surface area contributed by atoms with Crippen molar-refractivity contribution in [1.82, 2.24) is 15.1 Å². The Labute approximate surface area is 169 Å². The number of hydrogen-bond donors (Lipinski definition) is 1. The average molecular weight is 397 g/mol. The Morgan fingerprint density at radius 2 is 1.76 bits per heavy atom. The van der Waals surface area contributed by atoms with Crippen molar-refractivity contribution in [3.05, 3.63) is 71.5 Å². The molecule has 1 saturated heterocycles. The van der Waals surface area contributed by atoms with Crippen LogP contribution >= 0.6 is 0 Å². The number of amides is 4. The zero-order valence-electron chi connectivity index (χ0n) is 16.5. The van der Waals surface area contributed by atoms with Crippen LogP contribution in [0.1, 0.15) is 31.4 Å². The van der Waals surface area contributed by atoms with E-state index in [1.54, 1.807) is 11.8 Å². The van der Waals surface area contributed by atoms with Crippen LogP contribution in [0.4, 0.5) is 9.18 Å². The van der Waals surface area contributed by atoms with Crippen LogP contribution < -0.4 is 5.32 Å². The molecular weight excluding hydrogens is 373 g/mol. The number of benzene rings is 2. The Kier molecular flexibility index (Phi) is 5.96. The third kappa shape index (κ3) is 4.29. The second kappa shape index (κ2) is 8.43. The molecule has 1 fully saturated rings. The fourth-order valence-electron chi connectivity index (χ4n) is 3.42. The van der Waals surface area contributed by atoms with Crippen LogP contribution in [0.15, 0.2) is 54.6 Å². The van der Waals surface area contributed by atoms with Gasteiger partial charge in [0.25, 0.3) is 5.91 Å². The van der Waals surface area contributed by atoms with Gasteiger partial charge in [0, 0.05) is 13.1 Å². The van der Waals surface area contributed by atoms with E-state index in [1.807, 2.05) is 37.3 Å². The second-order valence-corrected chi connectivity index (χ2v) is 7.25. The molecule has 1 unspecified atom stereocenters. The molecule has 1 atom stereocenters. The van der Waals surface area contributed by atoms with Crippen molar-refractivity contribution in [3.8, 4) is 0 Å². The fraction of sp³-hybridized carbons (Fsp3) is 0.318. The van der Waals surface area contributed by atoms with Gasteiger partial charge in [0.15, 0.2) is 0 Å². The molecule has 0 aromatic heterocycles. The third-order valence-corrected chi connectivity index (χ3v) is 5.05. The van der Waals surface area contributed by atoms with E-state index < -0.39 is 23.3 Å². The first-order chi connectivity index (χ1) is 13.8. The van der Waals surface area contributed by atoms with Crippen LogP contribution in [0.2, 0.25) is 0 Å². The molecule has 7 heteroatoms. The highest BCUT2D eigenvalue weighted by Gasteiger charge is 2.49. The van der Waals surface area contributed by atoms with E-state index in [0.29, 0.717) is 18.7 Å². The Bertz CT molecular complexity index is 901. The summed E-state index contributed by atoms with van der Waals surface area (Å²) in [6.07, 6.45) is 0.756. The van der Waals surface area contributed by atoms with Crippen LogP contribution in [0.3, 0.4) is 0 Å². The summed E-state index contributed by atoms with van der Waals surface area (Å²) in [4.78, 5) is 40.9. The van der Waals surface area contributed by atoms with Gasteiger partial charge in [-0.1, -0.05) is 49.4 Å². The van der Waals surface area contributed by atoms with Crippen molar-refractivity contribution in [3.63, 3.8) is 0 Å². The SMILES string of the molecule is CCCN(Cc1ccccc1)C(=O)CN1C(=O)NC(C)(c2ccc(F)cc2)C1=O. The van der Waals surface area contributed by atoms with E-state index >= 15 is 0 Å². The van der Waals surface area contributed by atoms with E-state index in [9.17, 15) is 18.8 Å². The van der Waals surface area contributed by atoms with Gasteiger partial charge in [0.2, 0.25) is 5.91 Å². The number of carbonyl (C=O) groups is 3. The number of halogens is 1. The lowest BCUT2D eigenvalue weighted by molar-refractivity contribution is -0.139. The van der Waals surface area contributed by atoms with E-state index in [4.69, 9.17) is 0 Å². The van der Waals surface area contributed by atoms with Crippen molar-refractivity contribution in [1.29, 1.82) is 0 Å². The molecular formula is C22H24FN3O3. The molecule has 1 aliphatic heterocycles. The number of carbonyl (C=O) groups excluding carboxylic acids is 3. The lowest BCUT2D eigenvalue weighted by Crippen LogP contribution is -2.44. The number of urea groups is 1. The Hall–Kier alpha value is -3.22. The highest BCUT2D eigenvalue weighted by Crippen LogP contribution is 2.29. The lowest BCUT2D eigenvalue weighted by Gasteiger charge is -2.25. The first kappa shape index (κ1) is 20.5. The van der Waals surface area contributed by atoms with Gasteiger partial charge < -0.3 is 10.2 Å². The van der Waals surface area contributed by atoms with Gasteiger partial charge in [-0.2, -0.15) is 0 Å². The molecule has 0 bridgehead atoms. The smallest absolute Gasteiger partial charge is 0.325 e. The van der Waals surface area contributed by atoms with Crippen molar-refractivity contribution in [2.45, 2.75) is 32.4 Å². The van der Waals surface area contributed by atoms with Gasteiger partial charge in [0.05, 0.1) is 0 Å². The van der Waals surface area contributed by atoms with Crippen molar-refractivity contribution >= 4 is 17.8 Å². The number of nitrogens with zero attached hydrogens (tertiary/aromatic N) is 2. The summed E-state index contributed by atoms with van der Waals surface area (Å²) in [6, 6.07) is 14.3. The number of nitrogens with one attached hydrogen (secondary N) is 1. The van der Waals surface area contributed by atoms with Crippen molar-refractivity contribution in [2.75, 3.05) is 13.1 Å². The minimum atomic E-state index is -1.33. The topological polar surface area (TPSA) is 69.7 Å². The molecule has 1 aliphatic rings. The van der Waals surface area contributed by atoms with Gasteiger partial charge in [-0.3, -0.25) is 14.5 Å². The minimum absolute atomic E-state index is 0.303. The monoisotopic (exact) mass is 397 g/mol. The maximum Gasteiger partial charge on any atom is 0.325 e. The molecule has 3 rings (SSSR count). The van der Waals surface area contributed by atoms with Crippen LogP contribution in [0, 0.1) is 5.82 Å². The van der Waals surface area contributed by atoms with Gasteiger partial charge in [-0.05, 0) is 36.6 Å². The Morgan fingerprint density at radius 1 is 1.10 bits per heavy atom. The normalized spacial score (nSPS) is 18.7. The standard InChI is InChI=1S/C22H24FN3O3/c1-3-13-25(14-16-7-5-4-6-8-16)19(27)15-26-20(28)22(2,24-21(26)29)17-9-11-18(23)12-10-17/h4-12H,3,13-15H2,1-2H3,(H,24,29). The summed E-state index contributed by atoms with van der Waals surface area (Å²) in [7, 11) is 0. The molecule has 0 spiro atoms. The molecule has 2 aromatic carbocycles. The van der Waals surface area contributed by atoms with Gasteiger partial charge >= 0.3 is 6.03 Å². The average Bonchev–Trinajstić information content (AvgIpc) is 2.93. The zero-order valence-corrected chi connectivity index (χ0v) is 16.5. The maximum atomic E-state index is 13.2. The van der Waals surface area contributed by atoms with Gasteiger partial charge in [-0.15, -0.1) is 0 Å². The Morgan fingerprint density at radius 3 is 2.38 bits per heavy atom. The van der Waals surface area contributed by atoms with Crippen LogP contribution in [-0.4, -0.2) is 40.7 Å². The second-order valence-electron chi connectivity index (χ2n) is 7.25. The van der Waals surface area contributed by atoms with E-state index in [2.05, 4.69) is 5.32 Å². The van der Waals surface area contributed by atoms with E-state index in [0.717, 1.165) is 16.9 Å². The molecule has 0 radical (unpaired) electrons. The summed E-state index contributed by atoms with van der Waals surface area (Å²) < 4.78 is 13.2.